The third kappa shape index (κ3) is 4.70. The Kier molecular flexibility index (Phi) is 5.47. The molecule has 3 aromatic rings. The van der Waals surface area contributed by atoms with Crippen LogP contribution in [0.1, 0.15) is 29.3 Å². The molecule has 0 saturated carbocycles. The SMILES string of the molecule is CCC(=O)c1ccc(Oc2ccc(OCc3ccccc3)cc2)cc1. The molecule has 0 atom stereocenters. The predicted octanol–water partition coefficient (Wildman–Crippen LogP) is 5.65. The van der Waals surface area contributed by atoms with E-state index >= 15 is 0 Å². The highest BCUT2D eigenvalue weighted by atomic mass is 16.5. The zero-order valence-corrected chi connectivity index (χ0v) is 14.1. The Hall–Kier alpha value is -3.07. The molecule has 0 fully saturated rings. The van der Waals surface area contributed by atoms with E-state index < -0.39 is 0 Å². The van der Waals surface area contributed by atoms with Gasteiger partial charge >= 0.3 is 0 Å². The maximum Gasteiger partial charge on any atom is 0.162 e. The van der Waals surface area contributed by atoms with Crippen molar-refractivity contribution < 1.29 is 14.3 Å². The Morgan fingerprint density at radius 2 is 1.32 bits per heavy atom. The normalized spacial score (nSPS) is 10.3. The highest BCUT2D eigenvalue weighted by Gasteiger charge is 2.04. The van der Waals surface area contributed by atoms with E-state index in [1.807, 2.05) is 73.7 Å². The smallest absolute Gasteiger partial charge is 0.162 e. The molecule has 0 amide bonds. The minimum absolute atomic E-state index is 0.131. The number of ketones is 1. The Morgan fingerprint density at radius 1 is 0.760 bits per heavy atom. The number of benzene rings is 3. The van der Waals surface area contributed by atoms with Crippen LogP contribution in [0.15, 0.2) is 78.9 Å². The fourth-order valence-electron chi connectivity index (χ4n) is 2.39. The van der Waals surface area contributed by atoms with Crippen molar-refractivity contribution in [2.75, 3.05) is 0 Å². The summed E-state index contributed by atoms with van der Waals surface area (Å²) in [6.45, 7) is 2.39. The number of hydrogen-bond donors (Lipinski definition) is 0. The highest BCUT2D eigenvalue weighted by Crippen LogP contribution is 2.24. The molecule has 0 aliphatic heterocycles. The third-order valence-electron chi connectivity index (χ3n) is 3.81. The molecule has 0 aliphatic carbocycles. The van der Waals surface area contributed by atoms with E-state index in [9.17, 15) is 4.79 Å². The maximum atomic E-state index is 11.6. The summed E-state index contributed by atoms with van der Waals surface area (Å²) in [7, 11) is 0. The Labute approximate surface area is 147 Å². The molecular weight excluding hydrogens is 312 g/mol. The molecule has 3 aromatic carbocycles. The van der Waals surface area contributed by atoms with Crippen LogP contribution in [0.25, 0.3) is 0 Å². The summed E-state index contributed by atoms with van der Waals surface area (Å²) in [6.07, 6.45) is 0.505. The van der Waals surface area contributed by atoms with Gasteiger partial charge in [-0.25, -0.2) is 0 Å². The molecule has 0 bridgehead atoms. The molecule has 126 valence electrons. The molecule has 25 heavy (non-hydrogen) atoms. The first-order valence-electron chi connectivity index (χ1n) is 8.32. The molecule has 0 spiro atoms. The van der Waals surface area contributed by atoms with Gasteiger partial charge < -0.3 is 9.47 Å². The van der Waals surface area contributed by atoms with Crippen LogP contribution >= 0.6 is 0 Å². The molecule has 0 saturated heterocycles. The Balaban J connectivity index is 1.58. The number of carbonyl (C=O) groups excluding carboxylic acids is 1. The van der Waals surface area contributed by atoms with Crippen LogP contribution < -0.4 is 9.47 Å². The maximum absolute atomic E-state index is 11.6. The lowest BCUT2D eigenvalue weighted by atomic mass is 10.1. The van der Waals surface area contributed by atoms with E-state index in [2.05, 4.69) is 0 Å². The standard InChI is InChI=1S/C22H20O3/c1-2-22(23)18-8-10-20(11-9-18)25-21-14-12-19(13-15-21)24-16-17-6-4-3-5-7-17/h3-15H,2,16H2,1H3. The second kappa shape index (κ2) is 8.15. The van der Waals surface area contributed by atoms with E-state index in [0.717, 1.165) is 17.1 Å². The highest BCUT2D eigenvalue weighted by molar-refractivity contribution is 5.95. The Morgan fingerprint density at radius 3 is 1.92 bits per heavy atom. The van der Waals surface area contributed by atoms with Gasteiger partial charge in [-0.1, -0.05) is 37.3 Å². The van der Waals surface area contributed by atoms with E-state index in [1.54, 1.807) is 12.1 Å². The van der Waals surface area contributed by atoms with Crippen LogP contribution in [0.3, 0.4) is 0 Å². The Bertz CT molecular complexity index is 806. The first kappa shape index (κ1) is 16.8. The van der Waals surface area contributed by atoms with Crippen molar-refractivity contribution in [3.05, 3.63) is 90.0 Å². The number of hydrogen-bond acceptors (Lipinski definition) is 3. The lowest BCUT2D eigenvalue weighted by Gasteiger charge is -2.09. The average molecular weight is 332 g/mol. The minimum Gasteiger partial charge on any atom is -0.489 e. The third-order valence-corrected chi connectivity index (χ3v) is 3.81. The fraction of sp³-hybridized carbons (Fsp3) is 0.136. The molecule has 0 aliphatic rings. The van der Waals surface area contributed by atoms with Gasteiger partial charge in [0.2, 0.25) is 0 Å². The van der Waals surface area contributed by atoms with Gasteiger partial charge in [-0.2, -0.15) is 0 Å². The number of carbonyl (C=O) groups is 1. The molecule has 3 rings (SSSR count). The molecular formula is C22H20O3. The van der Waals surface area contributed by atoms with E-state index in [4.69, 9.17) is 9.47 Å². The van der Waals surface area contributed by atoms with Gasteiger partial charge in [-0.15, -0.1) is 0 Å². The van der Waals surface area contributed by atoms with Crippen molar-refractivity contribution in [1.82, 2.24) is 0 Å². The van der Waals surface area contributed by atoms with Crippen LogP contribution in [-0.4, -0.2) is 5.78 Å². The first-order valence-corrected chi connectivity index (χ1v) is 8.32. The first-order chi connectivity index (χ1) is 12.2. The topological polar surface area (TPSA) is 35.5 Å². The van der Waals surface area contributed by atoms with E-state index in [1.165, 1.54) is 0 Å². The quantitative estimate of drug-likeness (QED) is 0.524. The summed E-state index contributed by atoms with van der Waals surface area (Å²) >= 11 is 0. The van der Waals surface area contributed by atoms with Gasteiger partial charge in [0.05, 0.1) is 0 Å². The molecule has 0 heterocycles. The zero-order chi connectivity index (χ0) is 17.5. The van der Waals surface area contributed by atoms with Crippen molar-refractivity contribution in [1.29, 1.82) is 0 Å². The predicted molar refractivity (Wildman–Crippen MR) is 98.4 cm³/mol. The number of ether oxygens (including phenoxy) is 2. The average Bonchev–Trinajstić information content (AvgIpc) is 2.68. The van der Waals surface area contributed by atoms with Crippen LogP contribution in [0, 0.1) is 0 Å². The van der Waals surface area contributed by atoms with Gasteiger partial charge in [0.1, 0.15) is 23.9 Å². The molecule has 0 N–H and O–H groups in total. The van der Waals surface area contributed by atoms with Crippen LogP contribution in [0.2, 0.25) is 0 Å². The van der Waals surface area contributed by atoms with Crippen molar-refractivity contribution in [2.45, 2.75) is 20.0 Å². The fourth-order valence-corrected chi connectivity index (χ4v) is 2.39. The summed E-state index contributed by atoms with van der Waals surface area (Å²) in [6, 6.07) is 24.7. The molecule has 3 heteroatoms. The van der Waals surface area contributed by atoms with Crippen molar-refractivity contribution in [3.8, 4) is 17.2 Å². The minimum atomic E-state index is 0.131. The second-order valence-corrected chi connectivity index (χ2v) is 5.65. The van der Waals surface area contributed by atoms with Crippen molar-refractivity contribution in [3.63, 3.8) is 0 Å². The van der Waals surface area contributed by atoms with Gasteiger partial charge in [0.15, 0.2) is 5.78 Å². The summed E-state index contributed by atoms with van der Waals surface area (Å²) in [5.41, 5.74) is 1.84. The van der Waals surface area contributed by atoms with Crippen LogP contribution in [-0.2, 0) is 6.61 Å². The molecule has 0 radical (unpaired) electrons. The van der Waals surface area contributed by atoms with Gasteiger partial charge in [0, 0.05) is 12.0 Å². The summed E-state index contributed by atoms with van der Waals surface area (Å²) < 4.78 is 11.6. The van der Waals surface area contributed by atoms with Gasteiger partial charge in [0.25, 0.3) is 0 Å². The second-order valence-electron chi connectivity index (χ2n) is 5.65. The van der Waals surface area contributed by atoms with Crippen LogP contribution in [0.4, 0.5) is 0 Å². The number of rotatable bonds is 7. The summed E-state index contributed by atoms with van der Waals surface area (Å²) in [5, 5.41) is 0. The monoisotopic (exact) mass is 332 g/mol. The van der Waals surface area contributed by atoms with Crippen LogP contribution in [0.5, 0.6) is 17.2 Å². The molecule has 3 nitrogen and oxygen atoms in total. The van der Waals surface area contributed by atoms with E-state index in [-0.39, 0.29) is 5.78 Å². The molecule has 0 aromatic heterocycles. The van der Waals surface area contributed by atoms with Crippen molar-refractivity contribution in [2.24, 2.45) is 0 Å². The van der Waals surface area contributed by atoms with E-state index in [0.29, 0.717) is 24.3 Å². The van der Waals surface area contributed by atoms with Crippen molar-refractivity contribution >= 4 is 5.78 Å². The van der Waals surface area contributed by atoms with Gasteiger partial charge in [-0.3, -0.25) is 4.79 Å². The molecule has 0 unspecified atom stereocenters. The lowest BCUT2D eigenvalue weighted by molar-refractivity contribution is 0.0988. The summed E-state index contributed by atoms with van der Waals surface area (Å²) in [4.78, 5) is 11.6. The number of Topliss-reactive ketones (excluding diaryl/α,β-unsaturated/α-hetero) is 1. The zero-order valence-electron chi connectivity index (χ0n) is 14.1. The largest absolute Gasteiger partial charge is 0.489 e. The van der Waals surface area contributed by atoms with Gasteiger partial charge in [-0.05, 0) is 54.1 Å². The summed E-state index contributed by atoms with van der Waals surface area (Å²) in [5.74, 6) is 2.35. The lowest BCUT2D eigenvalue weighted by Crippen LogP contribution is -1.96.